The Morgan fingerprint density at radius 2 is 2.11 bits per heavy atom. The smallest absolute Gasteiger partial charge is 0.0848 e. The molecule has 1 aromatic carbocycles. The van der Waals surface area contributed by atoms with Crippen molar-refractivity contribution in [3.63, 3.8) is 0 Å². The minimum Gasteiger partial charge on any atom is -0.316 e. The first kappa shape index (κ1) is 13.6. The fourth-order valence-corrected chi connectivity index (χ4v) is 2.48. The van der Waals surface area contributed by atoms with E-state index in [1.165, 1.54) is 5.56 Å². The molecular weight excluding hydrogens is 314 g/mol. The summed E-state index contributed by atoms with van der Waals surface area (Å²) in [5.74, 6) is 0. The molecule has 0 aliphatic rings. The average molecular weight is 329 g/mol. The Morgan fingerprint density at radius 1 is 1.39 bits per heavy atom. The van der Waals surface area contributed by atoms with Gasteiger partial charge in [-0.15, -0.1) is 0 Å². The molecule has 5 heteroatoms. The van der Waals surface area contributed by atoms with Gasteiger partial charge >= 0.3 is 0 Å². The van der Waals surface area contributed by atoms with Crippen molar-refractivity contribution in [2.75, 3.05) is 7.05 Å². The highest BCUT2D eigenvalue weighted by atomic mass is 79.9. The van der Waals surface area contributed by atoms with Gasteiger partial charge in [-0.2, -0.15) is 5.10 Å². The van der Waals surface area contributed by atoms with E-state index in [0.717, 1.165) is 33.1 Å². The van der Waals surface area contributed by atoms with E-state index in [1.807, 2.05) is 37.7 Å². The van der Waals surface area contributed by atoms with Crippen molar-refractivity contribution in [1.29, 1.82) is 0 Å². The molecule has 0 unspecified atom stereocenters. The lowest BCUT2D eigenvalue weighted by Crippen LogP contribution is -2.10. The average Bonchev–Trinajstić information content (AvgIpc) is 2.58. The Bertz CT molecular complexity index is 578. The topological polar surface area (TPSA) is 29.9 Å². The summed E-state index contributed by atoms with van der Waals surface area (Å²) in [6, 6.07) is 6.15. The fourth-order valence-electron chi connectivity index (χ4n) is 1.95. The number of halogens is 2. The van der Waals surface area contributed by atoms with Crippen LogP contribution in [0.2, 0.25) is 5.02 Å². The number of nitrogens with one attached hydrogen (secondary N) is 1. The summed E-state index contributed by atoms with van der Waals surface area (Å²) in [5, 5.41) is 8.39. The largest absolute Gasteiger partial charge is 0.316 e. The first-order valence-corrected chi connectivity index (χ1v) is 6.86. The zero-order valence-electron chi connectivity index (χ0n) is 10.6. The lowest BCUT2D eigenvalue weighted by Gasteiger charge is -2.11. The summed E-state index contributed by atoms with van der Waals surface area (Å²) in [6.07, 6.45) is 0. The van der Waals surface area contributed by atoms with E-state index < -0.39 is 0 Å². The number of nitrogens with zero attached hydrogens (tertiary/aromatic N) is 2. The van der Waals surface area contributed by atoms with Crippen LogP contribution >= 0.6 is 27.5 Å². The molecule has 1 heterocycles. The van der Waals surface area contributed by atoms with Crippen LogP contribution in [0, 0.1) is 13.8 Å². The second kappa shape index (κ2) is 5.43. The molecule has 0 bridgehead atoms. The quantitative estimate of drug-likeness (QED) is 0.932. The third-order valence-electron chi connectivity index (χ3n) is 2.84. The van der Waals surface area contributed by atoms with Gasteiger partial charge < -0.3 is 5.32 Å². The molecule has 2 rings (SSSR count). The van der Waals surface area contributed by atoms with Crippen LogP contribution in [0.4, 0.5) is 0 Å². The van der Waals surface area contributed by atoms with Gasteiger partial charge in [-0.05, 0) is 44.7 Å². The van der Waals surface area contributed by atoms with Crippen LogP contribution in [0.3, 0.4) is 0 Å². The maximum absolute atomic E-state index is 6.20. The molecule has 0 atom stereocenters. The van der Waals surface area contributed by atoms with Crippen LogP contribution in [0.1, 0.15) is 17.0 Å². The molecular formula is C13H15BrClN3. The van der Waals surface area contributed by atoms with E-state index in [2.05, 4.69) is 32.4 Å². The molecule has 18 heavy (non-hydrogen) atoms. The molecule has 96 valence electrons. The zero-order valence-corrected chi connectivity index (χ0v) is 12.9. The van der Waals surface area contributed by atoms with Crippen LogP contribution < -0.4 is 5.32 Å². The minimum absolute atomic E-state index is 0.730. The van der Waals surface area contributed by atoms with Crippen molar-refractivity contribution >= 4 is 27.5 Å². The summed E-state index contributed by atoms with van der Waals surface area (Å²) in [7, 11) is 1.93. The molecule has 1 N–H and O–H groups in total. The van der Waals surface area contributed by atoms with Gasteiger partial charge in [-0.25, -0.2) is 4.68 Å². The number of aryl methyl sites for hydroxylation is 1. The lowest BCUT2D eigenvalue weighted by molar-refractivity contribution is 0.774. The molecule has 1 aromatic heterocycles. The molecule has 0 spiro atoms. The number of hydrogen-bond acceptors (Lipinski definition) is 2. The maximum Gasteiger partial charge on any atom is 0.0848 e. The molecule has 0 fully saturated rings. The second-order valence-corrected chi connectivity index (χ2v) is 5.49. The molecule has 2 aromatic rings. The summed E-state index contributed by atoms with van der Waals surface area (Å²) in [4.78, 5) is 0. The van der Waals surface area contributed by atoms with Gasteiger partial charge in [0.05, 0.1) is 22.1 Å². The van der Waals surface area contributed by atoms with Crippen molar-refractivity contribution in [2.24, 2.45) is 0 Å². The van der Waals surface area contributed by atoms with Crippen LogP contribution in [0.5, 0.6) is 0 Å². The Hall–Kier alpha value is -0.840. The predicted molar refractivity (Wildman–Crippen MR) is 78.5 cm³/mol. The van der Waals surface area contributed by atoms with Crippen molar-refractivity contribution in [3.05, 3.63) is 44.6 Å². The summed E-state index contributed by atoms with van der Waals surface area (Å²) in [6.45, 7) is 4.68. The monoisotopic (exact) mass is 327 g/mol. The van der Waals surface area contributed by atoms with Crippen LogP contribution in [-0.4, -0.2) is 16.8 Å². The van der Waals surface area contributed by atoms with Gasteiger partial charge in [0, 0.05) is 11.0 Å². The highest BCUT2D eigenvalue weighted by Gasteiger charge is 2.13. The molecule has 0 radical (unpaired) electrons. The molecule has 0 saturated carbocycles. The standard InChI is InChI=1S/C13H15BrClN3/c1-8-13(15)9(2)18(17-8)12-5-4-11(14)6-10(12)7-16-3/h4-6,16H,7H2,1-3H3. The van der Waals surface area contributed by atoms with E-state index >= 15 is 0 Å². The summed E-state index contributed by atoms with van der Waals surface area (Å²) < 4.78 is 2.96. The Kier molecular flexibility index (Phi) is 4.10. The molecule has 0 saturated heterocycles. The molecule has 3 nitrogen and oxygen atoms in total. The van der Waals surface area contributed by atoms with E-state index in [0.29, 0.717) is 0 Å². The third kappa shape index (κ3) is 2.46. The molecule has 0 aliphatic carbocycles. The number of hydrogen-bond donors (Lipinski definition) is 1. The minimum atomic E-state index is 0.730. The predicted octanol–water partition coefficient (Wildman–Crippen LogP) is 3.62. The normalized spacial score (nSPS) is 10.9. The van der Waals surface area contributed by atoms with Gasteiger partial charge in [0.15, 0.2) is 0 Å². The van der Waals surface area contributed by atoms with E-state index in [4.69, 9.17) is 11.6 Å². The van der Waals surface area contributed by atoms with E-state index in [9.17, 15) is 0 Å². The van der Waals surface area contributed by atoms with Crippen molar-refractivity contribution in [1.82, 2.24) is 15.1 Å². The highest BCUT2D eigenvalue weighted by Crippen LogP contribution is 2.26. The maximum atomic E-state index is 6.20. The first-order valence-electron chi connectivity index (χ1n) is 5.69. The fraction of sp³-hybridized carbons (Fsp3) is 0.308. The Labute approximate surface area is 120 Å². The van der Waals surface area contributed by atoms with Gasteiger partial charge in [0.2, 0.25) is 0 Å². The number of benzene rings is 1. The highest BCUT2D eigenvalue weighted by molar-refractivity contribution is 9.10. The SMILES string of the molecule is CNCc1cc(Br)ccc1-n1nc(C)c(Cl)c1C. The number of rotatable bonds is 3. The van der Waals surface area contributed by atoms with E-state index in [-0.39, 0.29) is 0 Å². The van der Waals surface area contributed by atoms with Crippen molar-refractivity contribution in [3.8, 4) is 5.69 Å². The zero-order chi connectivity index (χ0) is 13.3. The number of aromatic nitrogens is 2. The Morgan fingerprint density at radius 3 is 2.67 bits per heavy atom. The van der Waals surface area contributed by atoms with Crippen molar-refractivity contribution in [2.45, 2.75) is 20.4 Å². The van der Waals surface area contributed by atoms with Crippen molar-refractivity contribution < 1.29 is 0 Å². The first-order chi connectivity index (χ1) is 8.54. The second-order valence-electron chi connectivity index (χ2n) is 4.20. The molecule has 0 aliphatic heterocycles. The van der Waals surface area contributed by atoms with Crippen LogP contribution in [0.25, 0.3) is 5.69 Å². The summed E-state index contributed by atoms with van der Waals surface area (Å²) in [5.41, 5.74) is 4.05. The Balaban J connectivity index is 2.59. The summed E-state index contributed by atoms with van der Waals surface area (Å²) >= 11 is 9.69. The van der Waals surface area contributed by atoms with Gasteiger partial charge in [0.1, 0.15) is 0 Å². The lowest BCUT2D eigenvalue weighted by atomic mass is 10.1. The van der Waals surface area contributed by atoms with Gasteiger partial charge in [-0.1, -0.05) is 27.5 Å². The molecule has 0 amide bonds. The van der Waals surface area contributed by atoms with E-state index in [1.54, 1.807) is 0 Å². The van der Waals surface area contributed by atoms with Crippen LogP contribution in [-0.2, 0) is 6.54 Å². The van der Waals surface area contributed by atoms with Gasteiger partial charge in [-0.3, -0.25) is 0 Å². The van der Waals surface area contributed by atoms with Gasteiger partial charge in [0.25, 0.3) is 0 Å². The van der Waals surface area contributed by atoms with Crippen LogP contribution in [0.15, 0.2) is 22.7 Å². The third-order valence-corrected chi connectivity index (χ3v) is 3.88.